The van der Waals surface area contributed by atoms with E-state index < -0.39 is 5.60 Å². The van der Waals surface area contributed by atoms with Crippen molar-refractivity contribution in [1.82, 2.24) is 4.90 Å². The zero-order valence-corrected chi connectivity index (χ0v) is 22.9. The fourth-order valence-electron chi connectivity index (χ4n) is 5.78. The predicted octanol–water partition coefficient (Wildman–Crippen LogP) is 3.74. The van der Waals surface area contributed by atoms with E-state index in [0.717, 1.165) is 92.5 Å². The van der Waals surface area contributed by atoms with Gasteiger partial charge in [0.1, 0.15) is 18.1 Å². The molecule has 0 aromatic heterocycles. The zero-order chi connectivity index (χ0) is 26.7. The number of hydrogen-bond acceptors (Lipinski definition) is 7. The number of β-amino-alcohol motifs (C(OH)–C–C–N with tert-alkyl or cyclic N) is 1. The van der Waals surface area contributed by atoms with Crippen LogP contribution in [0.15, 0.2) is 36.4 Å². The lowest BCUT2D eigenvalue weighted by molar-refractivity contribution is 0.0385. The molecule has 1 unspecified atom stereocenters. The average Bonchev–Trinajstić information content (AvgIpc) is 3.32. The molecule has 0 aliphatic carbocycles. The van der Waals surface area contributed by atoms with Crippen LogP contribution >= 0.6 is 0 Å². The van der Waals surface area contributed by atoms with E-state index in [1.165, 1.54) is 0 Å². The molecular formula is C30H41N3O5. The molecule has 3 heterocycles. The number of nitrogens with zero attached hydrogens (tertiary/aromatic N) is 3. The minimum Gasteiger partial charge on any atom is -0.495 e. The van der Waals surface area contributed by atoms with Gasteiger partial charge in [0.05, 0.1) is 24.5 Å². The van der Waals surface area contributed by atoms with Crippen molar-refractivity contribution in [3.8, 4) is 11.5 Å². The Morgan fingerprint density at radius 1 is 1.05 bits per heavy atom. The van der Waals surface area contributed by atoms with Crippen molar-refractivity contribution < 1.29 is 24.1 Å². The maximum Gasteiger partial charge on any atom is 0.258 e. The van der Waals surface area contributed by atoms with Crippen molar-refractivity contribution in [1.29, 1.82) is 0 Å². The third kappa shape index (κ3) is 6.25. The second-order valence-electron chi connectivity index (χ2n) is 11.3. The fourth-order valence-corrected chi connectivity index (χ4v) is 5.78. The molecule has 1 amide bonds. The summed E-state index contributed by atoms with van der Waals surface area (Å²) in [4.78, 5) is 20.0. The van der Waals surface area contributed by atoms with Gasteiger partial charge in [-0.25, -0.2) is 0 Å². The zero-order valence-electron chi connectivity index (χ0n) is 22.9. The second-order valence-corrected chi connectivity index (χ2v) is 11.3. The SMILES string of the molecule is COc1cc(N2CCc3cc(OCC4CCCO4)ccc3C2=O)ccc1N1CCCN(CC(C)(C)O)CC1. The van der Waals surface area contributed by atoms with Gasteiger partial charge in [0, 0.05) is 63.2 Å². The maximum atomic E-state index is 13.5. The molecule has 0 radical (unpaired) electrons. The van der Waals surface area contributed by atoms with Crippen LogP contribution in [0, 0.1) is 0 Å². The van der Waals surface area contributed by atoms with Crippen molar-refractivity contribution in [2.45, 2.75) is 51.2 Å². The number of anilines is 2. The normalized spacial score (nSPS) is 20.8. The van der Waals surface area contributed by atoms with Gasteiger partial charge in [-0.3, -0.25) is 9.69 Å². The molecule has 38 heavy (non-hydrogen) atoms. The number of carbonyl (C=O) groups excluding carboxylic acids is 1. The molecule has 8 heteroatoms. The lowest BCUT2D eigenvalue weighted by Gasteiger charge is -2.31. The molecule has 8 nitrogen and oxygen atoms in total. The lowest BCUT2D eigenvalue weighted by Crippen LogP contribution is -2.40. The van der Waals surface area contributed by atoms with E-state index in [4.69, 9.17) is 14.2 Å². The third-order valence-corrected chi connectivity index (χ3v) is 7.63. The number of rotatable bonds is 8. The fraction of sp³-hybridized carbons (Fsp3) is 0.567. The highest BCUT2D eigenvalue weighted by atomic mass is 16.5. The quantitative estimate of drug-likeness (QED) is 0.565. The van der Waals surface area contributed by atoms with Crippen LogP contribution in [0.4, 0.5) is 11.4 Å². The van der Waals surface area contributed by atoms with Crippen molar-refractivity contribution in [3.05, 3.63) is 47.5 Å². The molecule has 3 aliphatic heterocycles. The van der Waals surface area contributed by atoms with Gasteiger partial charge >= 0.3 is 0 Å². The van der Waals surface area contributed by atoms with Gasteiger partial charge in [-0.15, -0.1) is 0 Å². The molecule has 5 rings (SSSR count). The number of benzene rings is 2. The summed E-state index contributed by atoms with van der Waals surface area (Å²) in [6, 6.07) is 11.9. The van der Waals surface area contributed by atoms with Crippen molar-refractivity contribution in [2.75, 3.05) is 69.4 Å². The highest BCUT2D eigenvalue weighted by Crippen LogP contribution is 2.35. The van der Waals surface area contributed by atoms with Gasteiger partial charge in [0.25, 0.3) is 5.91 Å². The van der Waals surface area contributed by atoms with Crippen LogP contribution < -0.4 is 19.3 Å². The highest BCUT2D eigenvalue weighted by molar-refractivity contribution is 6.08. The monoisotopic (exact) mass is 523 g/mol. The van der Waals surface area contributed by atoms with Crippen LogP contribution in [0.5, 0.6) is 11.5 Å². The first-order valence-electron chi connectivity index (χ1n) is 13.9. The number of ether oxygens (including phenoxy) is 3. The van der Waals surface area contributed by atoms with Crippen molar-refractivity contribution in [3.63, 3.8) is 0 Å². The topological polar surface area (TPSA) is 74.7 Å². The van der Waals surface area contributed by atoms with Crippen LogP contribution in [0.1, 0.15) is 49.0 Å². The molecule has 0 saturated carbocycles. The van der Waals surface area contributed by atoms with E-state index in [1.807, 2.05) is 49.1 Å². The lowest BCUT2D eigenvalue weighted by atomic mass is 9.98. The van der Waals surface area contributed by atoms with Gasteiger partial charge < -0.3 is 29.1 Å². The molecule has 2 saturated heterocycles. The van der Waals surface area contributed by atoms with Crippen LogP contribution in [0.25, 0.3) is 0 Å². The minimum absolute atomic E-state index is 0.00348. The number of hydrogen-bond donors (Lipinski definition) is 1. The Balaban J connectivity index is 1.26. The predicted molar refractivity (Wildman–Crippen MR) is 149 cm³/mol. The standard InChI is InChI=1S/C30H41N3O5/c1-30(2,35)21-31-12-5-13-32(16-15-31)27-10-7-23(19-28(27)36-3)33-14-11-22-18-24(8-9-26(22)29(33)34)38-20-25-6-4-17-37-25/h7-10,18-19,25,35H,4-6,11-17,20-21H2,1-3H3. The first-order valence-corrected chi connectivity index (χ1v) is 13.9. The Labute approximate surface area is 226 Å². The molecule has 2 aromatic rings. The van der Waals surface area contributed by atoms with E-state index in [0.29, 0.717) is 19.7 Å². The van der Waals surface area contributed by atoms with Gasteiger partial charge in [0.15, 0.2) is 0 Å². The van der Waals surface area contributed by atoms with Gasteiger partial charge in [-0.05, 0) is 75.4 Å². The summed E-state index contributed by atoms with van der Waals surface area (Å²) in [5.41, 5.74) is 2.94. The molecule has 2 fully saturated rings. The molecule has 0 bridgehead atoms. The number of methoxy groups -OCH3 is 1. The Bertz CT molecular complexity index is 1130. The largest absolute Gasteiger partial charge is 0.495 e. The summed E-state index contributed by atoms with van der Waals surface area (Å²) < 4.78 is 17.4. The summed E-state index contributed by atoms with van der Waals surface area (Å²) in [7, 11) is 1.69. The van der Waals surface area contributed by atoms with Gasteiger partial charge in [-0.1, -0.05) is 0 Å². The first kappa shape index (κ1) is 26.8. The molecule has 206 valence electrons. The average molecular weight is 524 g/mol. The molecule has 1 N–H and O–H groups in total. The number of amides is 1. The smallest absolute Gasteiger partial charge is 0.258 e. The molecule has 1 atom stereocenters. The summed E-state index contributed by atoms with van der Waals surface area (Å²) in [6.45, 7) is 9.99. The van der Waals surface area contributed by atoms with Crippen LogP contribution in [-0.4, -0.2) is 87.2 Å². The summed E-state index contributed by atoms with van der Waals surface area (Å²) >= 11 is 0. The summed E-state index contributed by atoms with van der Waals surface area (Å²) in [5, 5.41) is 10.2. The van der Waals surface area contributed by atoms with E-state index in [1.54, 1.807) is 7.11 Å². The van der Waals surface area contributed by atoms with Crippen molar-refractivity contribution >= 4 is 17.3 Å². The highest BCUT2D eigenvalue weighted by Gasteiger charge is 2.28. The van der Waals surface area contributed by atoms with Crippen LogP contribution in [0.3, 0.4) is 0 Å². The number of carbonyl (C=O) groups is 1. The van der Waals surface area contributed by atoms with Crippen LogP contribution in [-0.2, 0) is 11.2 Å². The Hall–Kier alpha value is -2.81. The van der Waals surface area contributed by atoms with Gasteiger partial charge in [0.2, 0.25) is 0 Å². The molecule has 0 spiro atoms. The van der Waals surface area contributed by atoms with E-state index in [9.17, 15) is 9.90 Å². The molecular weight excluding hydrogens is 482 g/mol. The first-order chi connectivity index (χ1) is 18.3. The van der Waals surface area contributed by atoms with Crippen LogP contribution in [0.2, 0.25) is 0 Å². The third-order valence-electron chi connectivity index (χ3n) is 7.63. The van der Waals surface area contributed by atoms with E-state index in [-0.39, 0.29) is 12.0 Å². The maximum absolute atomic E-state index is 13.5. The number of aliphatic hydroxyl groups is 1. The second kappa shape index (κ2) is 11.5. The molecule has 3 aliphatic rings. The Kier molecular flexibility index (Phi) is 8.12. The minimum atomic E-state index is -0.701. The summed E-state index contributed by atoms with van der Waals surface area (Å²) in [5.74, 6) is 1.57. The van der Waals surface area contributed by atoms with Crippen molar-refractivity contribution in [2.24, 2.45) is 0 Å². The van der Waals surface area contributed by atoms with E-state index in [2.05, 4.69) is 15.9 Å². The number of fused-ring (bicyclic) bond motifs is 1. The Morgan fingerprint density at radius 2 is 1.92 bits per heavy atom. The Morgan fingerprint density at radius 3 is 2.68 bits per heavy atom. The van der Waals surface area contributed by atoms with Gasteiger partial charge in [-0.2, -0.15) is 0 Å². The molecule has 2 aromatic carbocycles. The van der Waals surface area contributed by atoms with E-state index >= 15 is 0 Å². The summed E-state index contributed by atoms with van der Waals surface area (Å²) in [6.07, 6.45) is 4.09.